The van der Waals surface area contributed by atoms with Crippen LogP contribution in [0.2, 0.25) is 0 Å². The quantitative estimate of drug-likeness (QED) is 0.300. The Morgan fingerprint density at radius 2 is 2.03 bits per heavy atom. The van der Waals surface area contributed by atoms with Crippen molar-refractivity contribution < 1.29 is 23.5 Å². The molecule has 30 heavy (non-hydrogen) atoms. The molecule has 0 unspecified atom stereocenters. The summed E-state index contributed by atoms with van der Waals surface area (Å²) in [7, 11) is 0. The van der Waals surface area contributed by atoms with Gasteiger partial charge >= 0.3 is 0 Å². The summed E-state index contributed by atoms with van der Waals surface area (Å²) in [5.41, 5.74) is 1.21. The van der Waals surface area contributed by atoms with Crippen molar-refractivity contribution in [2.75, 3.05) is 18.5 Å². The Morgan fingerprint density at radius 3 is 2.67 bits per heavy atom. The molecule has 6 nitrogen and oxygen atoms in total. The molecule has 0 atom stereocenters. The number of carbonyl (C=O) groups is 2. The summed E-state index contributed by atoms with van der Waals surface area (Å²) in [5.74, 6) is -0.135. The van der Waals surface area contributed by atoms with Gasteiger partial charge in [0.05, 0.1) is 15.1 Å². The molecule has 0 aromatic heterocycles. The number of carbonyl (C=O) groups excluding carboxylic acids is 2. The fourth-order valence-electron chi connectivity index (χ4n) is 2.51. The zero-order valence-electron chi connectivity index (χ0n) is 15.7. The van der Waals surface area contributed by atoms with E-state index in [0.717, 1.165) is 5.56 Å². The molecule has 2 N–H and O–H groups in total. The van der Waals surface area contributed by atoms with Crippen molar-refractivity contribution in [2.24, 2.45) is 0 Å². The number of amides is 2. The van der Waals surface area contributed by atoms with E-state index in [9.17, 15) is 14.0 Å². The molecule has 1 aliphatic rings. The van der Waals surface area contributed by atoms with E-state index in [1.165, 1.54) is 36.0 Å². The molecule has 0 aliphatic carbocycles. The molecule has 0 spiro atoms. The molecule has 1 saturated heterocycles. The average molecular weight is 558 g/mol. The predicted molar refractivity (Wildman–Crippen MR) is 127 cm³/mol. The van der Waals surface area contributed by atoms with Gasteiger partial charge in [-0.15, -0.1) is 0 Å². The van der Waals surface area contributed by atoms with Crippen molar-refractivity contribution in [3.05, 3.63) is 56.3 Å². The highest BCUT2D eigenvalue weighted by Crippen LogP contribution is 2.36. The molecule has 1 heterocycles. The first kappa shape index (κ1) is 22.5. The van der Waals surface area contributed by atoms with Crippen molar-refractivity contribution >= 4 is 74.5 Å². The van der Waals surface area contributed by atoms with Crippen LogP contribution in [0.4, 0.5) is 10.1 Å². The summed E-state index contributed by atoms with van der Waals surface area (Å²) >= 11 is 8.28. The van der Waals surface area contributed by atoms with Crippen LogP contribution in [0.1, 0.15) is 12.5 Å². The Balaban J connectivity index is 1.74. The lowest BCUT2D eigenvalue weighted by atomic mass is 10.2. The number of nitrogens with one attached hydrogen (secondary N) is 2. The lowest BCUT2D eigenvalue weighted by Crippen LogP contribution is -2.20. The van der Waals surface area contributed by atoms with Crippen LogP contribution in [0.5, 0.6) is 11.5 Å². The Hall–Kier alpha value is -2.18. The van der Waals surface area contributed by atoms with E-state index in [-0.39, 0.29) is 18.3 Å². The van der Waals surface area contributed by atoms with Gasteiger partial charge in [0, 0.05) is 5.69 Å². The summed E-state index contributed by atoms with van der Waals surface area (Å²) in [4.78, 5) is 24.6. The van der Waals surface area contributed by atoms with Crippen molar-refractivity contribution in [1.82, 2.24) is 5.32 Å². The highest BCUT2D eigenvalue weighted by molar-refractivity contribution is 14.1. The largest absolute Gasteiger partial charge is 0.490 e. The Morgan fingerprint density at radius 1 is 1.30 bits per heavy atom. The van der Waals surface area contributed by atoms with E-state index < -0.39 is 5.91 Å². The van der Waals surface area contributed by atoms with Crippen molar-refractivity contribution in [3.8, 4) is 11.5 Å². The van der Waals surface area contributed by atoms with E-state index in [0.29, 0.717) is 36.6 Å². The highest BCUT2D eigenvalue weighted by atomic mass is 127. The first-order valence-electron chi connectivity index (χ1n) is 8.75. The Labute approximate surface area is 195 Å². The zero-order chi connectivity index (χ0) is 21.7. The molecular formula is C20H16FIN2O4S2. The monoisotopic (exact) mass is 558 g/mol. The van der Waals surface area contributed by atoms with Crippen LogP contribution in [-0.4, -0.2) is 29.3 Å². The van der Waals surface area contributed by atoms with Crippen molar-refractivity contribution in [2.45, 2.75) is 6.92 Å². The third kappa shape index (κ3) is 5.92. The van der Waals surface area contributed by atoms with Gasteiger partial charge in [0.1, 0.15) is 10.1 Å². The van der Waals surface area contributed by atoms with Crippen LogP contribution >= 0.6 is 46.6 Å². The zero-order valence-corrected chi connectivity index (χ0v) is 19.5. The third-order valence-corrected chi connectivity index (χ3v) is 5.71. The van der Waals surface area contributed by atoms with Gasteiger partial charge in [-0.25, -0.2) is 4.39 Å². The molecular weight excluding hydrogens is 542 g/mol. The van der Waals surface area contributed by atoms with Crippen molar-refractivity contribution in [1.29, 1.82) is 0 Å². The minimum Gasteiger partial charge on any atom is -0.490 e. The van der Waals surface area contributed by atoms with Gasteiger partial charge in [0.25, 0.3) is 11.8 Å². The van der Waals surface area contributed by atoms with Crippen LogP contribution in [0.15, 0.2) is 41.3 Å². The van der Waals surface area contributed by atoms with E-state index >= 15 is 0 Å². The number of thioether (sulfide) groups is 1. The molecule has 1 aliphatic heterocycles. The molecule has 0 saturated carbocycles. The first-order chi connectivity index (χ1) is 14.4. The van der Waals surface area contributed by atoms with Gasteiger partial charge in [-0.05, 0) is 77.6 Å². The average Bonchev–Trinajstić information content (AvgIpc) is 3.00. The van der Waals surface area contributed by atoms with Gasteiger partial charge < -0.3 is 20.1 Å². The number of halogens is 2. The highest BCUT2D eigenvalue weighted by Gasteiger charge is 2.22. The molecule has 2 aromatic rings. The fourth-order valence-corrected chi connectivity index (χ4v) is 4.34. The van der Waals surface area contributed by atoms with E-state index in [1.54, 1.807) is 12.1 Å². The number of rotatable bonds is 7. The van der Waals surface area contributed by atoms with Crippen LogP contribution < -0.4 is 20.1 Å². The summed E-state index contributed by atoms with van der Waals surface area (Å²) in [5, 5.41) is 5.21. The second kappa shape index (κ2) is 10.2. The van der Waals surface area contributed by atoms with Gasteiger partial charge in [0.2, 0.25) is 0 Å². The maximum Gasteiger partial charge on any atom is 0.263 e. The third-order valence-electron chi connectivity index (χ3n) is 3.75. The summed E-state index contributed by atoms with van der Waals surface area (Å²) < 4.78 is 25.5. The molecule has 156 valence electrons. The molecule has 3 rings (SSSR count). The molecule has 2 amide bonds. The van der Waals surface area contributed by atoms with E-state index in [4.69, 9.17) is 21.7 Å². The maximum atomic E-state index is 13.0. The smallest absolute Gasteiger partial charge is 0.263 e. The van der Waals surface area contributed by atoms with Crippen LogP contribution in [0.25, 0.3) is 6.08 Å². The second-order valence-electron chi connectivity index (χ2n) is 5.96. The number of benzene rings is 2. The van der Waals surface area contributed by atoms with Crippen LogP contribution in [-0.2, 0) is 9.59 Å². The van der Waals surface area contributed by atoms with Gasteiger partial charge in [0.15, 0.2) is 18.1 Å². The lowest BCUT2D eigenvalue weighted by molar-refractivity contribution is -0.118. The molecule has 1 fully saturated rings. The number of hydrogen-bond acceptors (Lipinski definition) is 6. The van der Waals surface area contributed by atoms with Crippen LogP contribution in [0, 0.1) is 9.39 Å². The minimum atomic E-state index is -0.390. The molecule has 10 heteroatoms. The molecule has 2 aromatic carbocycles. The van der Waals surface area contributed by atoms with E-state index in [1.807, 2.05) is 13.0 Å². The van der Waals surface area contributed by atoms with E-state index in [2.05, 4.69) is 33.2 Å². The predicted octanol–water partition coefficient (Wildman–Crippen LogP) is 4.34. The second-order valence-corrected chi connectivity index (χ2v) is 8.84. The van der Waals surface area contributed by atoms with Gasteiger partial charge in [-0.3, -0.25) is 9.59 Å². The number of ether oxygens (including phenoxy) is 2. The number of hydrogen-bond donors (Lipinski definition) is 2. The normalized spacial score (nSPS) is 14.6. The number of thiocarbonyl (C=S) groups is 1. The number of anilines is 1. The standard InChI is InChI=1S/C20H16FIN2O4S2/c1-2-27-15-8-11(9-16-19(26)24-20(29)30-16)7-14(22)18(15)28-10-17(25)23-13-5-3-12(21)4-6-13/h3-9H,2,10H2,1H3,(H,23,25)(H,24,26,29)/b16-9-. The summed E-state index contributed by atoms with van der Waals surface area (Å²) in [6, 6.07) is 9.01. The first-order valence-corrected chi connectivity index (χ1v) is 11.1. The SMILES string of the molecule is CCOc1cc(/C=C2\SC(=S)NC2=O)cc(I)c1OCC(=O)Nc1ccc(F)cc1. The summed E-state index contributed by atoms with van der Waals surface area (Å²) in [6.07, 6.45) is 1.72. The van der Waals surface area contributed by atoms with Gasteiger partial charge in [-0.2, -0.15) is 0 Å². The lowest BCUT2D eigenvalue weighted by Gasteiger charge is -2.15. The molecule has 0 bridgehead atoms. The summed E-state index contributed by atoms with van der Waals surface area (Å²) in [6.45, 7) is 1.98. The van der Waals surface area contributed by atoms with Gasteiger partial charge in [-0.1, -0.05) is 24.0 Å². The molecule has 0 radical (unpaired) electrons. The minimum absolute atomic E-state index is 0.240. The Bertz CT molecular complexity index is 1030. The topological polar surface area (TPSA) is 76.7 Å². The maximum absolute atomic E-state index is 13.0. The van der Waals surface area contributed by atoms with Crippen molar-refractivity contribution in [3.63, 3.8) is 0 Å². The Kier molecular flexibility index (Phi) is 7.67. The van der Waals surface area contributed by atoms with Crippen LogP contribution in [0.3, 0.4) is 0 Å². The fraction of sp³-hybridized carbons (Fsp3) is 0.150.